The van der Waals surface area contributed by atoms with Crippen LogP contribution in [0, 0.1) is 0 Å². The van der Waals surface area contributed by atoms with Crippen LogP contribution in [-0.4, -0.2) is 25.2 Å². The summed E-state index contributed by atoms with van der Waals surface area (Å²) in [5, 5.41) is 11.9. The lowest BCUT2D eigenvalue weighted by molar-refractivity contribution is 0.553. The Morgan fingerprint density at radius 2 is 2.38 bits per heavy atom. The maximum Gasteiger partial charge on any atom is 0.206 e. The fourth-order valence-corrected chi connectivity index (χ4v) is 0.988. The molecule has 0 aliphatic rings. The Labute approximate surface area is 75.4 Å². The van der Waals surface area contributed by atoms with Crippen molar-refractivity contribution in [2.45, 2.75) is 13.5 Å². The standard InChI is InChI=1S/C8H9N5/c1-2-13-11-8(10-12-13)7-4-3-5-9-6-7/h3-6H,2H2,1H3. The first-order chi connectivity index (χ1) is 6.40. The Balaban J connectivity index is 2.36. The molecule has 2 rings (SSSR count). The van der Waals surface area contributed by atoms with Gasteiger partial charge in [0.25, 0.3) is 0 Å². The molecule has 2 heterocycles. The lowest BCUT2D eigenvalue weighted by Crippen LogP contribution is -1.98. The van der Waals surface area contributed by atoms with Gasteiger partial charge in [0.2, 0.25) is 5.82 Å². The van der Waals surface area contributed by atoms with Gasteiger partial charge >= 0.3 is 0 Å². The predicted octanol–water partition coefficient (Wildman–Crippen LogP) is 0.755. The van der Waals surface area contributed by atoms with Gasteiger partial charge in [0.05, 0.1) is 6.54 Å². The van der Waals surface area contributed by atoms with Crippen molar-refractivity contribution in [2.24, 2.45) is 0 Å². The summed E-state index contributed by atoms with van der Waals surface area (Å²) in [6.07, 6.45) is 3.44. The van der Waals surface area contributed by atoms with Crippen LogP contribution in [0.25, 0.3) is 11.4 Å². The average molecular weight is 175 g/mol. The Morgan fingerprint density at radius 1 is 1.46 bits per heavy atom. The van der Waals surface area contributed by atoms with Crippen LogP contribution in [-0.2, 0) is 6.54 Å². The highest BCUT2D eigenvalue weighted by Crippen LogP contribution is 2.09. The molecule has 2 aromatic rings. The molecule has 0 unspecified atom stereocenters. The van der Waals surface area contributed by atoms with Crippen LogP contribution in [0.5, 0.6) is 0 Å². The molecule has 0 saturated heterocycles. The van der Waals surface area contributed by atoms with Crippen LogP contribution in [0.2, 0.25) is 0 Å². The molecule has 13 heavy (non-hydrogen) atoms. The molecule has 0 fully saturated rings. The highest BCUT2D eigenvalue weighted by Gasteiger charge is 2.03. The number of hydrogen-bond donors (Lipinski definition) is 0. The van der Waals surface area contributed by atoms with Crippen LogP contribution in [0.1, 0.15) is 6.92 Å². The van der Waals surface area contributed by atoms with Crippen LogP contribution < -0.4 is 0 Å². The molecule has 0 aliphatic heterocycles. The van der Waals surface area contributed by atoms with E-state index in [4.69, 9.17) is 0 Å². The molecule has 2 aromatic heterocycles. The van der Waals surface area contributed by atoms with Gasteiger partial charge in [-0.05, 0) is 24.3 Å². The normalized spacial score (nSPS) is 10.2. The summed E-state index contributed by atoms with van der Waals surface area (Å²) in [5.74, 6) is 0.620. The molecule has 0 bridgehead atoms. The van der Waals surface area contributed by atoms with Crippen molar-refractivity contribution in [3.63, 3.8) is 0 Å². The first kappa shape index (κ1) is 7.85. The van der Waals surface area contributed by atoms with Crippen molar-refractivity contribution in [2.75, 3.05) is 0 Å². The fraction of sp³-hybridized carbons (Fsp3) is 0.250. The molecular formula is C8H9N5. The number of hydrogen-bond acceptors (Lipinski definition) is 4. The number of rotatable bonds is 2. The van der Waals surface area contributed by atoms with Gasteiger partial charge in [-0.25, -0.2) is 0 Å². The molecule has 5 nitrogen and oxygen atoms in total. The molecule has 0 spiro atoms. The third-order valence-electron chi connectivity index (χ3n) is 1.66. The average Bonchev–Trinajstić information content (AvgIpc) is 2.67. The van der Waals surface area contributed by atoms with E-state index in [9.17, 15) is 0 Å². The second-order valence-corrected chi connectivity index (χ2v) is 2.54. The first-order valence-corrected chi connectivity index (χ1v) is 4.08. The first-order valence-electron chi connectivity index (χ1n) is 4.08. The minimum Gasteiger partial charge on any atom is -0.264 e. The molecule has 0 atom stereocenters. The van der Waals surface area contributed by atoms with Crippen molar-refractivity contribution in [1.82, 2.24) is 25.2 Å². The Morgan fingerprint density at radius 3 is 3.00 bits per heavy atom. The quantitative estimate of drug-likeness (QED) is 0.676. The minimum atomic E-state index is 0.620. The van der Waals surface area contributed by atoms with Gasteiger partial charge in [0.1, 0.15) is 0 Å². The highest BCUT2D eigenvalue weighted by molar-refractivity contribution is 5.51. The number of nitrogens with zero attached hydrogens (tertiary/aromatic N) is 5. The third-order valence-corrected chi connectivity index (χ3v) is 1.66. The zero-order valence-corrected chi connectivity index (χ0v) is 7.25. The van der Waals surface area contributed by atoms with Crippen molar-refractivity contribution < 1.29 is 0 Å². The summed E-state index contributed by atoms with van der Waals surface area (Å²) in [7, 11) is 0. The summed E-state index contributed by atoms with van der Waals surface area (Å²) in [6, 6.07) is 3.76. The number of aromatic nitrogens is 5. The molecular weight excluding hydrogens is 166 g/mol. The van der Waals surface area contributed by atoms with Gasteiger partial charge in [-0.2, -0.15) is 4.80 Å². The van der Waals surface area contributed by atoms with Crippen LogP contribution in [0.3, 0.4) is 0 Å². The van der Waals surface area contributed by atoms with E-state index in [1.165, 1.54) is 0 Å². The van der Waals surface area contributed by atoms with Crippen molar-refractivity contribution >= 4 is 0 Å². The van der Waals surface area contributed by atoms with Gasteiger partial charge in [-0.15, -0.1) is 10.2 Å². The number of tetrazole rings is 1. The van der Waals surface area contributed by atoms with Gasteiger partial charge in [0.15, 0.2) is 0 Å². The van der Waals surface area contributed by atoms with Crippen LogP contribution >= 0.6 is 0 Å². The minimum absolute atomic E-state index is 0.620. The van der Waals surface area contributed by atoms with Gasteiger partial charge in [-0.3, -0.25) is 4.98 Å². The summed E-state index contributed by atoms with van der Waals surface area (Å²) in [5.41, 5.74) is 0.891. The highest BCUT2D eigenvalue weighted by atomic mass is 15.6. The van der Waals surface area contributed by atoms with E-state index in [2.05, 4.69) is 20.4 Å². The van der Waals surface area contributed by atoms with Gasteiger partial charge in [-0.1, -0.05) is 0 Å². The van der Waals surface area contributed by atoms with E-state index in [1.807, 2.05) is 19.1 Å². The Hall–Kier alpha value is -1.78. The maximum absolute atomic E-state index is 4.15. The summed E-state index contributed by atoms with van der Waals surface area (Å²) in [4.78, 5) is 5.52. The van der Waals surface area contributed by atoms with Crippen molar-refractivity contribution in [3.8, 4) is 11.4 Å². The zero-order valence-electron chi connectivity index (χ0n) is 7.25. The Kier molecular flexibility index (Phi) is 1.99. The van der Waals surface area contributed by atoms with Crippen molar-refractivity contribution in [1.29, 1.82) is 0 Å². The predicted molar refractivity (Wildman–Crippen MR) is 46.7 cm³/mol. The molecule has 66 valence electrons. The SMILES string of the molecule is CCn1nnc(-c2cccnc2)n1. The maximum atomic E-state index is 4.15. The summed E-state index contributed by atoms with van der Waals surface area (Å²) < 4.78 is 0. The van der Waals surface area contributed by atoms with Crippen LogP contribution in [0.4, 0.5) is 0 Å². The van der Waals surface area contributed by atoms with E-state index in [0.717, 1.165) is 12.1 Å². The smallest absolute Gasteiger partial charge is 0.206 e. The van der Waals surface area contributed by atoms with E-state index < -0.39 is 0 Å². The molecule has 0 radical (unpaired) electrons. The number of aryl methyl sites for hydroxylation is 1. The fourth-order valence-electron chi connectivity index (χ4n) is 0.988. The zero-order chi connectivity index (χ0) is 9.10. The monoisotopic (exact) mass is 175 g/mol. The molecule has 5 heteroatoms. The summed E-state index contributed by atoms with van der Waals surface area (Å²) in [6.45, 7) is 2.70. The molecule has 0 aromatic carbocycles. The summed E-state index contributed by atoms with van der Waals surface area (Å²) >= 11 is 0. The molecule has 0 aliphatic carbocycles. The van der Waals surface area contributed by atoms with E-state index in [0.29, 0.717) is 5.82 Å². The second-order valence-electron chi connectivity index (χ2n) is 2.54. The van der Waals surface area contributed by atoms with E-state index in [-0.39, 0.29) is 0 Å². The molecule has 0 amide bonds. The molecule has 0 N–H and O–H groups in total. The topological polar surface area (TPSA) is 56.5 Å². The third kappa shape index (κ3) is 1.53. The van der Waals surface area contributed by atoms with Gasteiger partial charge in [0, 0.05) is 18.0 Å². The molecule has 0 saturated carbocycles. The largest absolute Gasteiger partial charge is 0.264 e. The van der Waals surface area contributed by atoms with E-state index in [1.54, 1.807) is 17.2 Å². The van der Waals surface area contributed by atoms with E-state index >= 15 is 0 Å². The second kappa shape index (κ2) is 3.30. The lowest BCUT2D eigenvalue weighted by Gasteiger charge is -1.90. The number of pyridine rings is 1. The van der Waals surface area contributed by atoms with Crippen LogP contribution in [0.15, 0.2) is 24.5 Å². The van der Waals surface area contributed by atoms with Crippen molar-refractivity contribution in [3.05, 3.63) is 24.5 Å². The lowest BCUT2D eigenvalue weighted by atomic mass is 10.3. The Bertz CT molecular complexity index is 380. The van der Waals surface area contributed by atoms with Gasteiger partial charge < -0.3 is 0 Å².